The zero-order chi connectivity index (χ0) is 22.3. The molecule has 7 nitrogen and oxygen atoms in total. The molecule has 172 valence electrons. The highest BCUT2D eigenvalue weighted by atomic mass is 127. The molecule has 0 unspecified atom stereocenters. The summed E-state index contributed by atoms with van der Waals surface area (Å²) in [6.45, 7) is 1.44. The molecule has 32 heavy (non-hydrogen) atoms. The third kappa shape index (κ3) is 8.23. The fourth-order valence-corrected chi connectivity index (χ4v) is 3.97. The monoisotopic (exact) mass is 571 g/mol. The Balaban J connectivity index is 0.00000363. The average Bonchev–Trinajstić information content (AvgIpc) is 3.17. The van der Waals surface area contributed by atoms with Crippen LogP contribution in [-0.2, 0) is 35.2 Å². The second-order valence-corrected chi connectivity index (χ2v) is 9.43. The molecule has 1 heterocycles. The summed E-state index contributed by atoms with van der Waals surface area (Å²) in [5.41, 5.74) is 3.29. The summed E-state index contributed by atoms with van der Waals surface area (Å²) in [6, 6.07) is 14.2. The quantitative estimate of drug-likeness (QED) is 0.247. The van der Waals surface area contributed by atoms with Crippen LogP contribution in [0.25, 0.3) is 0 Å². The Bertz CT molecular complexity index is 1150. The van der Waals surface area contributed by atoms with Crippen LogP contribution in [0.4, 0.5) is 4.39 Å². The van der Waals surface area contributed by atoms with Crippen LogP contribution in [0.1, 0.15) is 22.3 Å². The molecule has 3 rings (SSSR count). The van der Waals surface area contributed by atoms with Gasteiger partial charge in [-0.05, 0) is 28.8 Å². The van der Waals surface area contributed by atoms with Gasteiger partial charge in [0.1, 0.15) is 5.82 Å². The Labute approximate surface area is 205 Å². The molecule has 0 saturated carbocycles. The maximum absolute atomic E-state index is 13.7. The van der Waals surface area contributed by atoms with E-state index in [9.17, 15) is 12.8 Å². The minimum Gasteiger partial charge on any atom is -0.352 e. The van der Waals surface area contributed by atoms with E-state index in [-0.39, 0.29) is 36.3 Å². The van der Waals surface area contributed by atoms with Crippen molar-refractivity contribution in [2.24, 2.45) is 4.99 Å². The van der Waals surface area contributed by atoms with E-state index < -0.39 is 15.7 Å². The highest BCUT2D eigenvalue weighted by Crippen LogP contribution is 2.14. The van der Waals surface area contributed by atoms with Gasteiger partial charge in [0.2, 0.25) is 0 Å². The van der Waals surface area contributed by atoms with E-state index in [0.717, 1.165) is 11.8 Å². The molecule has 0 bridgehead atoms. The second-order valence-electron chi connectivity index (χ2n) is 7.29. The first-order valence-electron chi connectivity index (χ1n) is 9.77. The molecule has 0 aliphatic carbocycles. The van der Waals surface area contributed by atoms with E-state index in [1.54, 1.807) is 13.2 Å². The number of hydrogen-bond donors (Lipinski definition) is 2. The van der Waals surface area contributed by atoms with Gasteiger partial charge in [-0.2, -0.15) is 5.10 Å². The van der Waals surface area contributed by atoms with Crippen molar-refractivity contribution in [3.8, 4) is 0 Å². The average molecular weight is 571 g/mol. The first-order chi connectivity index (χ1) is 14.8. The van der Waals surface area contributed by atoms with E-state index in [2.05, 4.69) is 32.9 Å². The van der Waals surface area contributed by atoms with E-state index in [0.29, 0.717) is 30.2 Å². The highest BCUT2D eigenvalue weighted by Gasteiger charge is 2.11. The third-order valence-corrected chi connectivity index (χ3v) is 5.43. The lowest BCUT2D eigenvalue weighted by Gasteiger charge is -2.14. The number of hydrogen-bond acceptors (Lipinski definition) is 4. The fraction of sp³-hybridized carbons (Fsp3) is 0.273. The lowest BCUT2D eigenvalue weighted by molar-refractivity contribution is 0.599. The first-order valence-corrected chi connectivity index (χ1v) is 11.8. The molecule has 10 heteroatoms. The number of rotatable bonds is 8. The minimum absolute atomic E-state index is 0. The number of nitrogens with one attached hydrogen (secondary N) is 2. The Morgan fingerprint density at radius 3 is 2.47 bits per heavy atom. The predicted octanol–water partition coefficient (Wildman–Crippen LogP) is 3.10. The van der Waals surface area contributed by atoms with Crippen molar-refractivity contribution in [1.29, 1.82) is 0 Å². The molecule has 2 N–H and O–H groups in total. The van der Waals surface area contributed by atoms with Gasteiger partial charge in [-0.25, -0.2) is 12.8 Å². The maximum Gasteiger partial charge on any atom is 0.191 e. The highest BCUT2D eigenvalue weighted by molar-refractivity contribution is 14.0. The van der Waals surface area contributed by atoms with Crippen LogP contribution in [-0.4, -0.2) is 37.5 Å². The molecule has 0 fully saturated rings. The number of aliphatic imine (C=N–C) groups is 1. The molecule has 0 atom stereocenters. The van der Waals surface area contributed by atoms with Crippen molar-refractivity contribution in [2.75, 3.05) is 13.3 Å². The topological polar surface area (TPSA) is 88.4 Å². The lowest BCUT2D eigenvalue weighted by atomic mass is 10.1. The molecule has 0 aliphatic rings. The minimum atomic E-state index is -3.23. The number of sulfone groups is 1. The van der Waals surface area contributed by atoms with Crippen LogP contribution < -0.4 is 10.6 Å². The molecule has 0 amide bonds. The Morgan fingerprint density at radius 2 is 1.78 bits per heavy atom. The van der Waals surface area contributed by atoms with Gasteiger partial charge in [-0.1, -0.05) is 36.4 Å². The van der Waals surface area contributed by atoms with Gasteiger partial charge in [-0.15, -0.1) is 24.0 Å². The SMILES string of the molecule is CN=C(NCc1cnn(Cc2ccccc2)c1)NCc1cc(F)ccc1CS(C)(=O)=O.I. The summed E-state index contributed by atoms with van der Waals surface area (Å²) in [5.74, 6) is -0.0371. The summed E-state index contributed by atoms with van der Waals surface area (Å²) in [5, 5.41) is 10.7. The van der Waals surface area contributed by atoms with Gasteiger partial charge in [0.25, 0.3) is 0 Å². The smallest absolute Gasteiger partial charge is 0.191 e. The molecular formula is C22H27FIN5O2S. The zero-order valence-corrected chi connectivity index (χ0v) is 21.1. The molecular weight excluding hydrogens is 544 g/mol. The van der Waals surface area contributed by atoms with Gasteiger partial charge >= 0.3 is 0 Å². The first kappa shape index (κ1) is 25.8. The molecule has 0 aliphatic heterocycles. The molecule has 2 aromatic carbocycles. The van der Waals surface area contributed by atoms with Gasteiger partial charge in [0, 0.05) is 38.2 Å². The largest absolute Gasteiger partial charge is 0.352 e. The van der Waals surface area contributed by atoms with Crippen LogP contribution in [0.15, 0.2) is 65.9 Å². The van der Waals surface area contributed by atoms with Crippen molar-refractivity contribution >= 4 is 39.8 Å². The van der Waals surface area contributed by atoms with Crippen LogP contribution in [0.5, 0.6) is 0 Å². The van der Waals surface area contributed by atoms with Gasteiger partial charge < -0.3 is 10.6 Å². The summed E-state index contributed by atoms with van der Waals surface area (Å²) >= 11 is 0. The Hall–Kier alpha value is -2.47. The van der Waals surface area contributed by atoms with Crippen molar-refractivity contribution in [2.45, 2.75) is 25.4 Å². The van der Waals surface area contributed by atoms with Crippen LogP contribution in [0.3, 0.4) is 0 Å². The summed E-state index contributed by atoms with van der Waals surface area (Å²) in [7, 11) is -1.59. The summed E-state index contributed by atoms with van der Waals surface area (Å²) in [4.78, 5) is 4.17. The van der Waals surface area contributed by atoms with Crippen molar-refractivity contribution < 1.29 is 12.8 Å². The molecule has 1 aromatic heterocycles. The van der Waals surface area contributed by atoms with Gasteiger partial charge in [0.15, 0.2) is 15.8 Å². The van der Waals surface area contributed by atoms with E-state index in [4.69, 9.17) is 0 Å². The van der Waals surface area contributed by atoms with Crippen molar-refractivity contribution in [1.82, 2.24) is 20.4 Å². The predicted molar refractivity (Wildman–Crippen MR) is 135 cm³/mol. The molecule has 3 aromatic rings. The second kappa shape index (κ2) is 12.0. The number of benzene rings is 2. The lowest BCUT2D eigenvalue weighted by Crippen LogP contribution is -2.36. The van der Waals surface area contributed by atoms with Crippen LogP contribution >= 0.6 is 24.0 Å². The van der Waals surface area contributed by atoms with Crippen LogP contribution in [0.2, 0.25) is 0 Å². The Morgan fingerprint density at radius 1 is 1.06 bits per heavy atom. The van der Waals surface area contributed by atoms with Gasteiger partial charge in [-0.3, -0.25) is 9.67 Å². The number of halogens is 2. The summed E-state index contributed by atoms with van der Waals surface area (Å²) in [6.07, 6.45) is 4.91. The number of guanidine groups is 1. The van der Waals surface area contributed by atoms with Crippen LogP contribution in [0, 0.1) is 5.82 Å². The summed E-state index contributed by atoms with van der Waals surface area (Å²) < 4.78 is 38.9. The van der Waals surface area contributed by atoms with E-state index in [1.165, 1.54) is 23.8 Å². The standard InChI is InChI=1S/C22H26FN5O2S.HI/c1-24-22(26-13-20-10-21(23)9-8-19(20)16-31(2,29)30)25-11-18-12-27-28(15-18)14-17-6-4-3-5-7-17;/h3-10,12,15H,11,13-14,16H2,1-2H3,(H2,24,25,26);1H. The third-order valence-electron chi connectivity index (χ3n) is 4.59. The van der Waals surface area contributed by atoms with E-state index in [1.807, 2.05) is 29.1 Å². The number of nitrogens with zero attached hydrogens (tertiary/aromatic N) is 3. The maximum atomic E-state index is 13.7. The molecule has 0 radical (unpaired) electrons. The molecule has 0 spiro atoms. The fourth-order valence-electron chi connectivity index (χ4n) is 3.12. The normalized spacial score (nSPS) is 11.7. The van der Waals surface area contributed by atoms with Crippen molar-refractivity contribution in [3.05, 3.63) is 89.0 Å². The van der Waals surface area contributed by atoms with Crippen molar-refractivity contribution in [3.63, 3.8) is 0 Å². The molecule has 0 saturated heterocycles. The number of aromatic nitrogens is 2. The van der Waals surface area contributed by atoms with E-state index >= 15 is 0 Å². The Kier molecular flexibility index (Phi) is 9.63. The van der Waals surface area contributed by atoms with Gasteiger partial charge in [0.05, 0.1) is 18.5 Å². The zero-order valence-electron chi connectivity index (χ0n) is 18.0.